The summed E-state index contributed by atoms with van der Waals surface area (Å²) >= 11 is 0. The Hall–Kier alpha value is -2.41. The second-order valence-electron chi connectivity index (χ2n) is 9.37. The lowest BCUT2D eigenvalue weighted by Crippen LogP contribution is -2.43. The number of likely N-dealkylation sites (tertiary alicyclic amines) is 1. The van der Waals surface area contributed by atoms with Crippen LogP contribution in [0.2, 0.25) is 0 Å². The highest BCUT2D eigenvalue weighted by molar-refractivity contribution is 5.99. The first-order valence-electron chi connectivity index (χ1n) is 11.8. The molecule has 0 unspecified atom stereocenters. The van der Waals surface area contributed by atoms with Gasteiger partial charge in [0, 0.05) is 62.4 Å². The molecule has 0 radical (unpaired) electrons. The van der Waals surface area contributed by atoms with Crippen LogP contribution >= 0.6 is 0 Å². The molecule has 0 bridgehead atoms. The zero-order valence-electron chi connectivity index (χ0n) is 20.0. The van der Waals surface area contributed by atoms with Crippen molar-refractivity contribution in [3.63, 3.8) is 0 Å². The van der Waals surface area contributed by atoms with E-state index in [1.807, 2.05) is 29.1 Å². The molecule has 33 heavy (non-hydrogen) atoms. The predicted octanol–water partition coefficient (Wildman–Crippen LogP) is 4.50. The van der Waals surface area contributed by atoms with E-state index in [0.29, 0.717) is 38.5 Å². The van der Waals surface area contributed by atoms with E-state index in [9.17, 15) is 13.6 Å². The summed E-state index contributed by atoms with van der Waals surface area (Å²) in [5, 5.41) is 1.10. The van der Waals surface area contributed by atoms with Crippen molar-refractivity contribution in [2.24, 2.45) is 16.8 Å². The van der Waals surface area contributed by atoms with Gasteiger partial charge in [-0.2, -0.15) is 0 Å². The van der Waals surface area contributed by atoms with Gasteiger partial charge in [0.25, 0.3) is 0 Å². The molecule has 3 atom stereocenters. The minimum Gasteiger partial charge on any atom is -0.342 e. The zero-order valence-corrected chi connectivity index (χ0v) is 20.0. The van der Waals surface area contributed by atoms with Gasteiger partial charge >= 0.3 is 0 Å². The van der Waals surface area contributed by atoms with Gasteiger partial charge in [0.1, 0.15) is 6.67 Å². The van der Waals surface area contributed by atoms with Crippen molar-refractivity contribution in [1.82, 2.24) is 14.8 Å². The minimum atomic E-state index is -0.529. The van der Waals surface area contributed by atoms with E-state index in [1.54, 1.807) is 13.2 Å². The van der Waals surface area contributed by atoms with E-state index < -0.39 is 13.3 Å². The van der Waals surface area contributed by atoms with Gasteiger partial charge < -0.3 is 9.80 Å². The topological polar surface area (TPSA) is 48.8 Å². The van der Waals surface area contributed by atoms with Gasteiger partial charge in [-0.15, -0.1) is 0 Å². The first-order chi connectivity index (χ1) is 16.0. The minimum absolute atomic E-state index is 0.0134. The maximum absolute atomic E-state index is 13.6. The van der Waals surface area contributed by atoms with Gasteiger partial charge in [-0.1, -0.05) is 25.1 Å². The molecule has 0 spiro atoms. The van der Waals surface area contributed by atoms with Crippen LogP contribution in [0.1, 0.15) is 43.2 Å². The quantitative estimate of drug-likeness (QED) is 0.493. The second-order valence-corrected chi connectivity index (χ2v) is 9.37. The Morgan fingerprint density at radius 2 is 2.12 bits per heavy atom. The van der Waals surface area contributed by atoms with Crippen molar-refractivity contribution in [1.29, 1.82) is 0 Å². The molecule has 1 aromatic carbocycles. The lowest BCUT2D eigenvalue weighted by Gasteiger charge is -2.38. The highest BCUT2D eigenvalue weighted by Crippen LogP contribution is 2.35. The highest BCUT2D eigenvalue weighted by atomic mass is 19.1. The van der Waals surface area contributed by atoms with Crippen molar-refractivity contribution in [3.05, 3.63) is 41.6 Å². The van der Waals surface area contributed by atoms with E-state index >= 15 is 0 Å². The standard InChI is InChI=1S/C26H36F2N4O/c1-19-13-22(23-7-6-21(16-29-2)26-24(23)5-4-10-30-26)18-32(17-19)25(33)14-20(15-28)8-11-31(3)12-9-27/h4-7,10,16,19-20,22H,8-9,11-15,17-18H2,1-3H3/b29-16+/t19-,20+,22+/m1/s1. The van der Waals surface area contributed by atoms with Gasteiger partial charge in [-0.05, 0) is 49.9 Å². The molecular weight excluding hydrogens is 422 g/mol. The zero-order chi connectivity index (χ0) is 23.8. The molecule has 180 valence electrons. The summed E-state index contributed by atoms with van der Waals surface area (Å²) in [5.41, 5.74) is 3.11. The number of hydrogen-bond acceptors (Lipinski definition) is 4. The fourth-order valence-electron chi connectivity index (χ4n) is 4.87. The van der Waals surface area contributed by atoms with Crippen molar-refractivity contribution in [3.8, 4) is 0 Å². The Labute approximate surface area is 195 Å². The fourth-order valence-corrected chi connectivity index (χ4v) is 4.87. The molecule has 2 aromatic rings. The van der Waals surface area contributed by atoms with E-state index in [2.05, 4.69) is 35.1 Å². The number of halogens is 2. The molecule has 1 aliphatic heterocycles. The van der Waals surface area contributed by atoms with Crippen LogP contribution in [0.15, 0.2) is 35.5 Å². The molecule has 1 fully saturated rings. The van der Waals surface area contributed by atoms with Gasteiger partial charge in [0.15, 0.2) is 0 Å². The Bertz CT molecular complexity index is 951. The third kappa shape index (κ3) is 6.56. The van der Waals surface area contributed by atoms with Crippen LogP contribution in [-0.2, 0) is 4.79 Å². The van der Waals surface area contributed by atoms with Gasteiger partial charge in [-0.25, -0.2) is 4.39 Å². The number of piperidine rings is 1. The van der Waals surface area contributed by atoms with Crippen molar-refractivity contribution in [2.75, 3.05) is 53.6 Å². The third-order valence-corrected chi connectivity index (χ3v) is 6.62. The molecule has 1 aliphatic rings. The largest absolute Gasteiger partial charge is 0.342 e. The SMILES string of the molecule is C/N=C/c1ccc([C@H]2C[C@@H](C)CN(C(=O)C[C@@H](CF)CCN(C)CCF)C2)c2cccnc12. The van der Waals surface area contributed by atoms with Crippen molar-refractivity contribution >= 4 is 23.0 Å². The lowest BCUT2D eigenvalue weighted by molar-refractivity contribution is -0.134. The number of aliphatic imine (C=N–C) groups is 1. The number of rotatable bonds is 10. The monoisotopic (exact) mass is 458 g/mol. The van der Waals surface area contributed by atoms with E-state index in [4.69, 9.17) is 0 Å². The normalized spacial score (nSPS) is 20.1. The summed E-state index contributed by atoms with van der Waals surface area (Å²) in [6, 6.07) is 8.22. The molecule has 1 saturated heterocycles. The summed E-state index contributed by atoms with van der Waals surface area (Å²) < 4.78 is 26.1. The maximum Gasteiger partial charge on any atom is 0.222 e. The molecule has 5 nitrogen and oxygen atoms in total. The molecule has 7 heteroatoms. The number of carbonyl (C=O) groups is 1. The molecule has 0 aliphatic carbocycles. The molecular formula is C26H36F2N4O. The summed E-state index contributed by atoms with van der Waals surface area (Å²) in [6.45, 7) is 3.49. The van der Waals surface area contributed by atoms with Gasteiger partial charge in [0.05, 0.1) is 12.2 Å². The van der Waals surface area contributed by atoms with Gasteiger partial charge in [0.2, 0.25) is 5.91 Å². The van der Waals surface area contributed by atoms with Crippen LogP contribution in [0.25, 0.3) is 10.9 Å². The Morgan fingerprint density at radius 3 is 2.85 bits per heavy atom. The smallest absolute Gasteiger partial charge is 0.222 e. The number of fused-ring (bicyclic) bond motifs is 1. The Morgan fingerprint density at radius 1 is 1.30 bits per heavy atom. The molecule has 0 N–H and O–H groups in total. The molecule has 2 heterocycles. The first kappa shape index (κ1) is 25.2. The van der Waals surface area contributed by atoms with Crippen LogP contribution in [-0.4, -0.2) is 80.5 Å². The first-order valence-corrected chi connectivity index (χ1v) is 11.8. The van der Waals surface area contributed by atoms with Crippen LogP contribution in [0, 0.1) is 11.8 Å². The lowest BCUT2D eigenvalue weighted by atomic mass is 9.83. The third-order valence-electron chi connectivity index (χ3n) is 6.62. The predicted molar refractivity (Wildman–Crippen MR) is 131 cm³/mol. The number of aromatic nitrogens is 1. The van der Waals surface area contributed by atoms with Crippen LogP contribution in [0.3, 0.4) is 0 Å². The van der Waals surface area contributed by atoms with E-state index in [1.165, 1.54) is 5.56 Å². The number of nitrogens with zero attached hydrogens (tertiary/aromatic N) is 4. The number of hydrogen-bond donors (Lipinski definition) is 0. The molecule has 1 amide bonds. The number of benzene rings is 1. The summed E-state index contributed by atoms with van der Waals surface area (Å²) in [5.74, 6) is 0.250. The molecule has 0 saturated carbocycles. The number of pyridine rings is 1. The van der Waals surface area contributed by atoms with Crippen LogP contribution < -0.4 is 0 Å². The van der Waals surface area contributed by atoms with Crippen molar-refractivity contribution < 1.29 is 13.6 Å². The fraction of sp³-hybridized carbons (Fsp3) is 0.577. The average Bonchev–Trinajstić information content (AvgIpc) is 2.81. The summed E-state index contributed by atoms with van der Waals surface area (Å²) in [4.78, 5) is 25.6. The number of carbonyl (C=O) groups excluding carboxylic acids is 1. The maximum atomic E-state index is 13.6. The van der Waals surface area contributed by atoms with Crippen LogP contribution in [0.5, 0.6) is 0 Å². The number of amides is 1. The van der Waals surface area contributed by atoms with E-state index in [-0.39, 0.29) is 24.2 Å². The van der Waals surface area contributed by atoms with Crippen LogP contribution in [0.4, 0.5) is 8.78 Å². The van der Waals surface area contributed by atoms with E-state index in [0.717, 1.165) is 22.9 Å². The second kappa shape index (κ2) is 12.2. The average molecular weight is 459 g/mol. The number of alkyl halides is 2. The summed E-state index contributed by atoms with van der Waals surface area (Å²) in [6.07, 6.45) is 5.37. The molecule has 1 aromatic heterocycles. The molecule has 3 rings (SSSR count). The Kier molecular flexibility index (Phi) is 9.30. The Balaban J connectivity index is 1.73. The van der Waals surface area contributed by atoms with Gasteiger partial charge in [-0.3, -0.25) is 19.2 Å². The summed E-state index contributed by atoms with van der Waals surface area (Å²) in [7, 11) is 3.57. The highest BCUT2D eigenvalue weighted by Gasteiger charge is 2.31. The van der Waals surface area contributed by atoms with Crippen molar-refractivity contribution in [2.45, 2.75) is 32.1 Å².